The first-order chi connectivity index (χ1) is 36.5. The molecule has 0 unspecified atom stereocenters. The zero-order valence-electron chi connectivity index (χ0n) is 40.4. The number of pyridine rings is 2. The summed E-state index contributed by atoms with van der Waals surface area (Å²) in [6.07, 6.45) is -7.68. The van der Waals surface area contributed by atoms with Crippen molar-refractivity contribution in [3.63, 3.8) is 0 Å². The number of rotatable bonds is 15. The summed E-state index contributed by atoms with van der Waals surface area (Å²) in [7, 11) is -10.7. The van der Waals surface area contributed by atoms with Crippen LogP contribution in [0.1, 0.15) is 62.3 Å². The maximum absolute atomic E-state index is 14.7. The van der Waals surface area contributed by atoms with Crippen molar-refractivity contribution in [3.8, 4) is 22.5 Å². The van der Waals surface area contributed by atoms with Gasteiger partial charge in [0.15, 0.2) is 11.6 Å². The molecule has 6 aromatic rings. The van der Waals surface area contributed by atoms with E-state index < -0.39 is 117 Å². The zero-order chi connectivity index (χ0) is 57.2. The predicted molar refractivity (Wildman–Crippen MR) is 261 cm³/mol. The van der Waals surface area contributed by atoms with Gasteiger partial charge in [-0.05, 0) is 114 Å². The van der Waals surface area contributed by atoms with Crippen molar-refractivity contribution in [2.45, 2.75) is 111 Å². The van der Waals surface area contributed by atoms with Gasteiger partial charge in [-0.2, -0.15) is 35.0 Å². The molecule has 0 radical (unpaired) electrons. The molecule has 0 bridgehead atoms. The fourth-order valence-corrected chi connectivity index (χ4v) is 12.8. The SMILES string of the molecule is C[C@H]1[C@H](F)C[C@@H](C(=O)CCc2cc(-c3cnc(C(F)(F)F)nc3)ncc2B(O)O)N1S(=O)(=O)c1ccc(F)cc1.C[C@H]1[C@H](F)C[C@@H](C(=O)CCc2cc(-c3cnc(C(F)(F)F)nc3)ncc2Br)N1S(=O)(=O)c1ccc(F)cc1. The van der Waals surface area contributed by atoms with Gasteiger partial charge in [-0.3, -0.25) is 19.6 Å². The van der Waals surface area contributed by atoms with Crippen molar-refractivity contribution >= 4 is 60.1 Å². The Morgan fingerprint density at radius 3 is 1.33 bits per heavy atom. The van der Waals surface area contributed by atoms with Gasteiger partial charge in [-0.15, -0.1) is 0 Å². The molecule has 0 amide bonds. The molecule has 2 saturated heterocycles. The van der Waals surface area contributed by atoms with Gasteiger partial charge in [0.05, 0.1) is 45.3 Å². The first-order valence-electron chi connectivity index (χ1n) is 23.2. The Kier molecular flexibility index (Phi) is 18.0. The molecule has 2 aliphatic rings. The third-order valence-corrected chi connectivity index (χ3v) is 17.5. The van der Waals surface area contributed by atoms with Crippen LogP contribution in [0.3, 0.4) is 0 Å². The second kappa shape index (κ2) is 23.7. The van der Waals surface area contributed by atoms with E-state index in [0.717, 1.165) is 88.1 Å². The lowest BCUT2D eigenvalue weighted by Gasteiger charge is -2.27. The average molecular weight is 1200 g/mol. The number of ketones is 2. The van der Waals surface area contributed by atoms with Crippen molar-refractivity contribution in [3.05, 3.63) is 137 Å². The number of aromatic nitrogens is 6. The summed E-state index contributed by atoms with van der Waals surface area (Å²) in [5.74, 6) is -5.12. The highest BCUT2D eigenvalue weighted by Gasteiger charge is 2.50. The fraction of sp³-hybridized carbons (Fsp3) is 0.333. The number of nitrogens with zero attached hydrogens (tertiary/aromatic N) is 8. The number of carbonyl (C=O) groups is 2. The van der Waals surface area contributed by atoms with Crippen LogP contribution in [0.5, 0.6) is 0 Å². The number of halogens is 11. The highest BCUT2D eigenvalue weighted by atomic mass is 79.9. The Morgan fingerprint density at radius 1 is 0.603 bits per heavy atom. The molecule has 16 nitrogen and oxygen atoms in total. The minimum Gasteiger partial charge on any atom is -0.423 e. The Hall–Kier alpha value is -6.18. The van der Waals surface area contributed by atoms with Crippen molar-refractivity contribution in [2.75, 3.05) is 0 Å². The standard InChI is InChI=1S/C24H22BF5N4O5S.C24H20BrF5N4O3S/c1-13-19(27)9-21(34(13)40(38,39)17-5-3-16(26)4-6-17)22(35)7-2-14-8-20(31-12-18(14)25(36)37)15-10-32-23(33-11-15)24(28,29)30;1-13-19(27)9-21(34(13)38(36,37)17-5-3-16(26)4-6-17)22(35)7-2-14-8-20(31-12-18(14)25)15-10-32-23(33-11-15)24(28,29)30/h3-6,8,10-13,19,21,36-37H,2,7,9H2,1H3;3-6,8,10-13,19,21H,2,7,9H2,1H3/t2*13-,19+,21-/m00/s1. The Balaban J connectivity index is 0.000000226. The van der Waals surface area contributed by atoms with Crippen molar-refractivity contribution in [2.24, 2.45) is 0 Å². The number of Topliss-reactive ketones (excluding diaryl/α,β-unsaturated/α-hetero) is 2. The minimum absolute atomic E-state index is 0.0828. The first kappa shape index (κ1) is 59.5. The summed E-state index contributed by atoms with van der Waals surface area (Å²) in [6, 6.07) is 5.93. The van der Waals surface area contributed by atoms with Gasteiger partial charge < -0.3 is 10.0 Å². The molecule has 2 fully saturated rings. The van der Waals surface area contributed by atoms with Crippen LogP contribution in [0.2, 0.25) is 0 Å². The van der Waals surface area contributed by atoms with E-state index in [1.54, 1.807) is 6.07 Å². The third-order valence-electron chi connectivity index (χ3n) is 12.8. The maximum atomic E-state index is 14.7. The molecule has 414 valence electrons. The monoisotopic (exact) mass is 1200 g/mol. The minimum atomic E-state index is -4.75. The Labute approximate surface area is 447 Å². The van der Waals surface area contributed by atoms with Crippen LogP contribution in [0.25, 0.3) is 22.5 Å². The normalized spacial score (nSPS) is 20.3. The van der Waals surface area contributed by atoms with Crippen molar-refractivity contribution in [1.29, 1.82) is 0 Å². The molecule has 4 aromatic heterocycles. The van der Waals surface area contributed by atoms with Gasteiger partial charge in [-0.25, -0.2) is 54.3 Å². The average Bonchev–Trinajstić information content (AvgIpc) is 3.94. The van der Waals surface area contributed by atoms with Gasteiger partial charge in [0, 0.05) is 83.9 Å². The third kappa shape index (κ3) is 13.3. The summed E-state index contributed by atoms with van der Waals surface area (Å²) < 4.78 is 188. The summed E-state index contributed by atoms with van der Waals surface area (Å²) in [6.45, 7) is 2.69. The molecule has 2 aromatic carbocycles. The van der Waals surface area contributed by atoms with E-state index in [-0.39, 0.29) is 75.4 Å². The van der Waals surface area contributed by atoms with Gasteiger partial charge in [0.1, 0.15) is 24.0 Å². The molecule has 0 saturated carbocycles. The van der Waals surface area contributed by atoms with E-state index in [4.69, 9.17) is 0 Å². The number of aryl methyl sites for hydroxylation is 2. The van der Waals surface area contributed by atoms with Gasteiger partial charge in [0.2, 0.25) is 31.7 Å². The van der Waals surface area contributed by atoms with Crippen LogP contribution in [0, 0.1) is 11.6 Å². The number of sulfonamides is 2. The summed E-state index contributed by atoms with van der Waals surface area (Å²) >= 11 is 3.32. The smallest absolute Gasteiger partial charge is 0.423 e. The Bertz CT molecular complexity index is 3380. The second-order valence-corrected chi connectivity index (χ2v) is 22.5. The zero-order valence-corrected chi connectivity index (χ0v) is 43.6. The first-order valence-corrected chi connectivity index (χ1v) is 26.9. The van der Waals surface area contributed by atoms with Crippen LogP contribution in [-0.4, -0.2) is 121 Å². The van der Waals surface area contributed by atoms with E-state index in [9.17, 15) is 80.4 Å². The predicted octanol–water partition coefficient (Wildman–Crippen LogP) is 7.22. The molecular formula is C48H42BBrF10N8O8S2. The van der Waals surface area contributed by atoms with E-state index in [1.165, 1.54) is 26.1 Å². The molecule has 30 heteroatoms. The number of alkyl halides is 8. The van der Waals surface area contributed by atoms with E-state index in [2.05, 4.69) is 45.8 Å². The van der Waals surface area contributed by atoms with Crippen molar-refractivity contribution in [1.82, 2.24) is 38.5 Å². The molecular weight excluding hydrogens is 1160 g/mol. The van der Waals surface area contributed by atoms with E-state index in [0.29, 0.717) is 10.0 Å². The van der Waals surface area contributed by atoms with Crippen molar-refractivity contribution < 1.29 is 80.4 Å². The molecule has 78 heavy (non-hydrogen) atoms. The number of carbonyl (C=O) groups excluding carboxylic acids is 2. The van der Waals surface area contributed by atoms with Crippen LogP contribution < -0.4 is 5.46 Å². The van der Waals surface area contributed by atoms with Gasteiger partial charge in [0.25, 0.3) is 0 Å². The van der Waals surface area contributed by atoms with Gasteiger partial charge in [-0.1, -0.05) is 0 Å². The van der Waals surface area contributed by atoms with Crippen LogP contribution in [0.15, 0.2) is 112 Å². The van der Waals surface area contributed by atoms with Crippen LogP contribution in [-0.2, 0) is 54.8 Å². The lowest BCUT2D eigenvalue weighted by Crippen LogP contribution is -2.44. The molecule has 0 spiro atoms. The highest BCUT2D eigenvalue weighted by Crippen LogP contribution is 2.37. The summed E-state index contributed by atoms with van der Waals surface area (Å²) in [5.41, 5.74) is 1.31. The molecule has 2 aliphatic heterocycles. The Morgan fingerprint density at radius 2 is 0.962 bits per heavy atom. The maximum Gasteiger partial charge on any atom is 0.490 e. The summed E-state index contributed by atoms with van der Waals surface area (Å²) in [4.78, 5) is 47.1. The topological polar surface area (TPSA) is 227 Å². The number of hydrogen-bond acceptors (Lipinski definition) is 14. The fourth-order valence-electron chi connectivity index (χ4n) is 8.70. The molecule has 6 heterocycles. The molecule has 6 atom stereocenters. The van der Waals surface area contributed by atoms with E-state index in [1.807, 2.05) is 0 Å². The van der Waals surface area contributed by atoms with Crippen LogP contribution in [0.4, 0.5) is 43.9 Å². The number of hydrogen-bond donors (Lipinski definition) is 2. The lowest BCUT2D eigenvalue weighted by molar-refractivity contribution is -0.145. The molecule has 0 aliphatic carbocycles. The largest absolute Gasteiger partial charge is 0.490 e. The highest BCUT2D eigenvalue weighted by molar-refractivity contribution is 9.10. The van der Waals surface area contributed by atoms with Crippen LogP contribution >= 0.6 is 15.9 Å². The molecule has 8 rings (SSSR count). The van der Waals surface area contributed by atoms with E-state index >= 15 is 0 Å². The quantitative estimate of drug-likeness (QED) is 0.0765. The molecule has 2 N–H and O–H groups in total. The second-order valence-electron chi connectivity index (χ2n) is 17.9. The van der Waals surface area contributed by atoms with Gasteiger partial charge >= 0.3 is 19.5 Å². The summed E-state index contributed by atoms with van der Waals surface area (Å²) in [5, 5.41) is 19.5. The number of benzene rings is 2. The lowest BCUT2D eigenvalue weighted by atomic mass is 9.76.